The van der Waals surface area contributed by atoms with Crippen LogP contribution >= 0.6 is 0 Å². The van der Waals surface area contributed by atoms with Crippen LogP contribution in [0.1, 0.15) is 6.42 Å². The Morgan fingerprint density at radius 2 is 2.30 bits per heavy atom. The monoisotopic (exact) mass is 164 g/mol. The Hall–Kier alpha value is -0.130. The van der Waals surface area contributed by atoms with Crippen molar-refractivity contribution in [3.63, 3.8) is 0 Å². The summed E-state index contributed by atoms with van der Waals surface area (Å²) in [6.45, 7) is 1.08. The molecular formula is C5H12N2O2S. The molecule has 10 heavy (non-hydrogen) atoms. The smallest absolute Gasteiger partial charge is 0.211 e. The fourth-order valence-corrected chi connectivity index (χ4v) is 2.26. The highest BCUT2D eigenvalue weighted by atomic mass is 32.2. The van der Waals surface area contributed by atoms with Gasteiger partial charge in [0.05, 0.1) is 6.26 Å². The second kappa shape index (κ2) is 2.48. The third-order valence-electron chi connectivity index (χ3n) is 1.79. The zero-order chi connectivity index (χ0) is 7.78. The first-order valence-corrected chi connectivity index (χ1v) is 5.07. The fourth-order valence-electron chi connectivity index (χ4n) is 1.09. The molecule has 4 nitrogen and oxygen atoms in total. The van der Waals surface area contributed by atoms with Crippen molar-refractivity contribution in [3.05, 3.63) is 0 Å². The molecule has 0 amide bonds. The minimum absolute atomic E-state index is 0.0648. The summed E-state index contributed by atoms with van der Waals surface area (Å²) in [5, 5.41) is 0. The van der Waals surface area contributed by atoms with E-state index in [-0.39, 0.29) is 6.04 Å². The van der Waals surface area contributed by atoms with E-state index in [9.17, 15) is 8.42 Å². The summed E-state index contributed by atoms with van der Waals surface area (Å²) in [6, 6.07) is 0.0648. The van der Waals surface area contributed by atoms with Gasteiger partial charge in [-0.1, -0.05) is 0 Å². The van der Waals surface area contributed by atoms with Crippen molar-refractivity contribution >= 4 is 10.0 Å². The Labute approximate surface area is 61.1 Å². The van der Waals surface area contributed by atoms with Gasteiger partial charge in [-0.15, -0.1) is 0 Å². The summed E-state index contributed by atoms with van der Waals surface area (Å²) in [7, 11) is -2.97. The molecule has 0 saturated carbocycles. The van der Waals surface area contributed by atoms with Gasteiger partial charge < -0.3 is 5.73 Å². The van der Waals surface area contributed by atoms with Crippen LogP contribution in [0, 0.1) is 0 Å². The lowest BCUT2D eigenvalue weighted by molar-refractivity contribution is 0.207. The number of rotatable bonds is 2. The Morgan fingerprint density at radius 1 is 1.70 bits per heavy atom. The molecule has 1 atom stereocenters. The number of hydrogen-bond acceptors (Lipinski definition) is 3. The van der Waals surface area contributed by atoms with Crippen molar-refractivity contribution in [3.8, 4) is 0 Å². The molecule has 1 aliphatic rings. The molecule has 60 valence electrons. The number of hydrogen-bond donors (Lipinski definition) is 1. The zero-order valence-corrected chi connectivity index (χ0v) is 6.76. The van der Waals surface area contributed by atoms with Crippen LogP contribution in [0.15, 0.2) is 0 Å². The van der Waals surface area contributed by atoms with Crippen LogP contribution in [-0.4, -0.2) is 38.1 Å². The van der Waals surface area contributed by atoms with E-state index in [1.165, 1.54) is 10.6 Å². The van der Waals surface area contributed by atoms with Crippen LogP contribution in [0.3, 0.4) is 0 Å². The Kier molecular flexibility index (Phi) is 1.98. The van der Waals surface area contributed by atoms with Crippen LogP contribution < -0.4 is 5.73 Å². The predicted molar refractivity (Wildman–Crippen MR) is 39.0 cm³/mol. The summed E-state index contributed by atoms with van der Waals surface area (Å²) in [5.74, 6) is 0. The van der Waals surface area contributed by atoms with E-state index in [1.807, 2.05) is 0 Å². The van der Waals surface area contributed by atoms with Crippen LogP contribution in [0.25, 0.3) is 0 Å². The van der Waals surface area contributed by atoms with Gasteiger partial charge in [0.2, 0.25) is 10.0 Å². The van der Waals surface area contributed by atoms with E-state index in [0.717, 1.165) is 6.42 Å². The van der Waals surface area contributed by atoms with Crippen molar-refractivity contribution < 1.29 is 8.42 Å². The molecule has 0 spiro atoms. The Morgan fingerprint density at radius 3 is 2.40 bits per heavy atom. The topological polar surface area (TPSA) is 63.4 Å². The lowest BCUT2D eigenvalue weighted by Crippen LogP contribution is -2.53. The van der Waals surface area contributed by atoms with Crippen molar-refractivity contribution in [1.29, 1.82) is 0 Å². The van der Waals surface area contributed by atoms with Crippen LogP contribution in [0.5, 0.6) is 0 Å². The maximum absolute atomic E-state index is 10.9. The number of nitrogens with two attached hydrogens (primary N) is 1. The molecular weight excluding hydrogens is 152 g/mol. The number of nitrogens with zero attached hydrogens (tertiary/aromatic N) is 1. The molecule has 1 saturated heterocycles. The molecule has 1 rings (SSSR count). The van der Waals surface area contributed by atoms with Gasteiger partial charge in [0, 0.05) is 19.1 Å². The van der Waals surface area contributed by atoms with E-state index in [0.29, 0.717) is 13.1 Å². The molecule has 0 aromatic heterocycles. The first-order chi connectivity index (χ1) is 4.55. The third kappa shape index (κ3) is 1.31. The summed E-state index contributed by atoms with van der Waals surface area (Å²) in [5.41, 5.74) is 5.31. The molecule has 0 aromatic carbocycles. The van der Waals surface area contributed by atoms with E-state index in [2.05, 4.69) is 0 Å². The molecule has 0 aliphatic carbocycles. The van der Waals surface area contributed by atoms with Crippen LogP contribution in [0.2, 0.25) is 0 Å². The maximum Gasteiger partial charge on any atom is 0.211 e. The van der Waals surface area contributed by atoms with E-state index >= 15 is 0 Å². The lowest BCUT2D eigenvalue weighted by atomic mass is 10.1. The summed E-state index contributed by atoms with van der Waals surface area (Å²) >= 11 is 0. The average molecular weight is 164 g/mol. The average Bonchev–Trinajstić information content (AvgIpc) is 1.57. The highest BCUT2D eigenvalue weighted by molar-refractivity contribution is 7.88. The largest absolute Gasteiger partial charge is 0.329 e. The zero-order valence-electron chi connectivity index (χ0n) is 5.95. The molecule has 2 N–H and O–H groups in total. The standard InChI is InChI=1S/C5H12N2O2S/c1-10(8,9)7-3-2-5(7)4-6/h5H,2-4,6H2,1H3. The van der Waals surface area contributed by atoms with Gasteiger partial charge in [0.1, 0.15) is 0 Å². The normalized spacial score (nSPS) is 28.0. The lowest BCUT2D eigenvalue weighted by Gasteiger charge is -2.37. The van der Waals surface area contributed by atoms with Crippen molar-refractivity contribution in [2.45, 2.75) is 12.5 Å². The highest BCUT2D eigenvalue weighted by Gasteiger charge is 2.33. The molecule has 1 aliphatic heterocycles. The van der Waals surface area contributed by atoms with Crippen LogP contribution in [-0.2, 0) is 10.0 Å². The molecule has 1 heterocycles. The van der Waals surface area contributed by atoms with Crippen molar-refractivity contribution in [2.24, 2.45) is 5.73 Å². The fraction of sp³-hybridized carbons (Fsp3) is 1.00. The van der Waals surface area contributed by atoms with Gasteiger partial charge in [-0.2, -0.15) is 4.31 Å². The summed E-state index contributed by atoms with van der Waals surface area (Å²) < 4.78 is 23.1. The number of sulfonamides is 1. The maximum atomic E-state index is 10.9. The summed E-state index contributed by atoms with van der Waals surface area (Å²) in [4.78, 5) is 0. The third-order valence-corrected chi connectivity index (χ3v) is 3.12. The minimum Gasteiger partial charge on any atom is -0.329 e. The second-order valence-electron chi connectivity index (χ2n) is 2.55. The quantitative estimate of drug-likeness (QED) is 0.568. The minimum atomic E-state index is -2.97. The molecule has 1 fully saturated rings. The van der Waals surface area contributed by atoms with E-state index < -0.39 is 10.0 Å². The first kappa shape index (κ1) is 7.97. The molecule has 0 aromatic rings. The van der Waals surface area contributed by atoms with Crippen LogP contribution in [0.4, 0.5) is 0 Å². The van der Waals surface area contributed by atoms with Gasteiger partial charge in [0.15, 0.2) is 0 Å². The van der Waals surface area contributed by atoms with Crippen molar-refractivity contribution in [1.82, 2.24) is 4.31 Å². The van der Waals surface area contributed by atoms with Gasteiger partial charge in [-0.05, 0) is 6.42 Å². The Balaban J connectivity index is 2.60. The predicted octanol–water partition coefficient (Wildman–Crippen LogP) is -1.02. The molecule has 5 heteroatoms. The first-order valence-electron chi connectivity index (χ1n) is 3.22. The Bertz CT molecular complexity index is 210. The van der Waals surface area contributed by atoms with Gasteiger partial charge in [0.25, 0.3) is 0 Å². The van der Waals surface area contributed by atoms with E-state index in [1.54, 1.807) is 0 Å². The van der Waals surface area contributed by atoms with Crippen molar-refractivity contribution in [2.75, 3.05) is 19.3 Å². The van der Waals surface area contributed by atoms with Gasteiger partial charge in [-0.3, -0.25) is 0 Å². The highest BCUT2D eigenvalue weighted by Crippen LogP contribution is 2.18. The molecule has 1 unspecified atom stereocenters. The van der Waals surface area contributed by atoms with Gasteiger partial charge in [-0.25, -0.2) is 8.42 Å². The summed E-state index contributed by atoms with van der Waals surface area (Å²) in [6.07, 6.45) is 2.12. The molecule has 0 bridgehead atoms. The van der Waals surface area contributed by atoms with E-state index in [4.69, 9.17) is 5.73 Å². The SMILES string of the molecule is CS(=O)(=O)N1CCC1CN. The molecule has 0 radical (unpaired) electrons. The second-order valence-corrected chi connectivity index (χ2v) is 4.49. The van der Waals surface area contributed by atoms with Gasteiger partial charge >= 0.3 is 0 Å².